The molecule has 7 nitrogen and oxygen atoms in total. The minimum absolute atomic E-state index is 0.225. The summed E-state index contributed by atoms with van der Waals surface area (Å²) in [5, 5.41) is 14.2. The molecule has 0 fully saturated rings. The van der Waals surface area contributed by atoms with Gasteiger partial charge in [-0.1, -0.05) is 18.2 Å². The molecule has 1 aliphatic heterocycles. The summed E-state index contributed by atoms with van der Waals surface area (Å²) in [6.45, 7) is 4.64. The zero-order chi connectivity index (χ0) is 19.5. The van der Waals surface area contributed by atoms with Gasteiger partial charge in [0.25, 0.3) is 5.91 Å². The topological polar surface area (TPSA) is 85.4 Å². The molecule has 0 bridgehead atoms. The molecule has 2 N–H and O–H groups in total. The molecule has 1 amide bonds. The van der Waals surface area contributed by atoms with Crippen LogP contribution in [0.2, 0.25) is 0 Å². The lowest BCUT2D eigenvalue weighted by Crippen LogP contribution is -2.24. The van der Waals surface area contributed by atoms with E-state index in [9.17, 15) is 4.79 Å². The fourth-order valence-corrected chi connectivity index (χ4v) is 2.85. The van der Waals surface area contributed by atoms with Crippen LogP contribution in [0.5, 0.6) is 11.5 Å². The number of aryl methyl sites for hydroxylation is 2. The summed E-state index contributed by atoms with van der Waals surface area (Å²) >= 11 is 0. The second-order valence-electron chi connectivity index (χ2n) is 6.62. The van der Waals surface area contributed by atoms with Crippen molar-refractivity contribution in [3.05, 3.63) is 70.9 Å². The zero-order valence-electron chi connectivity index (χ0n) is 15.7. The lowest BCUT2D eigenvalue weighted by atomic mass is 10.1. The number of nitrogens with one attached hydrogen (secondary N) is 2. The van der Waals surface area contributed by atoms with Crippen LogP contribution in [0.3, 0.4) is 0 Å². The Bertz CT molecular complexity index is 1020. The number of fused-ring (bicyclic) bond motifs is 1. The van der Waals surface area contributed by atoms with Gasteiger partial charge in [-0.05, 0) is 60.9 Å². The third kappa shape index (κ3) is 3.88. The molecule has 7 heteroatoms. The molecule has 28 heavy (non-hydrogen) atoms. The first kappa shape index (κ1) is 17.8. The highest BCUT2D eigenvalue weighted by atomic mass is 16.7. The molecule has 0 radical (unpaired) electrons. The molecule has 4 rings (SSSR count). The van der Waals surface area contributed by atoms with Crippen LogP contribution in [0.15, 0.2) is 48.5 Å². The fourth-order valence-electron chi connectivity index (χ4n) is 2.85. The smallest absolute Gasteiger partial charge is 0.272 e. The number of ether oxygens (including phenoxy) is 2. The highest BCUT2D eigenvalue weighted by molar-refractivity contribution is 5.92. The fraction of sp³-hybridized carbons (Fsp3) is 0.190. The molecule has 0 atom stereocenters. The average molecular weight is 376 g/mol. The normalized spacial score (nSPS) is 11.9. The van der Waals surface area contributed by atoms with Gasteiger partial charge in [-0.15, -0.1) is 10.2 Å². The van der Waals surface area contributed by atoms with Gasteiger partial charge in [0, 0.05) is 12.2 Å². The number of nitrogens with zero attached hydrogens (tertiary/aromatic N) is 2. The van der Waals surface area contributed by atoms with Crippen molar-refractivity contribution < 1.29 is 14.3 Å². The first-order valence-corrected chi connectivity index (χ1v) is 8.93. The van der Waals surface area contributed by atoms with Gasteiger partial charge < -0.3 is 20.1 Å². The number of carbonyl (C=O) groups excluding carboxylic acids is 1. The summed E-state index contributed by atoms with van der Waals surface area (Å²) in [6, 6.07) is 15.1. The summed E-state index contributed by atoms with van der Waals surface area (Å²) in [7, 11) is 0. The standard InChI is InChI=1S/C21H20N4O3/c1-13-3-4-14(2)17(9-13)23-20-8-6-16(24-25-20)21(26)22-11-15-5-7-18-19(10-15)28-12-27-18/h3-10H,11-12H2,1-2H3,(H,22,26)(H,23,25). The minimum atomic E-state index is -0.288. The Morgan fingerprint density at radius 3 is 2.68 bits per heavy atom. The number of amides is 1. The lowest BCUT2D eigenvalue weighted by Gasteiger charge is -2.10. The average Bonchev–Trinajstić information content (AvgIpc) is 3.17. The van der Waals surface area contributed by atoms with Crippen molar-refractivity contribution in [2.75, 3.05) is 12.1 Å². The molecule has 142 valence electrons. The summed E-state index contributed by atoms with van der Waals surface area (Å²) in [5.41, 5.74) is 4.40. The molecule has 0 saturated heterocycles. The van der Waals surface area contributed by atoms with E-state index in [-0.39, 0.29) is 18.4 Å². The van der Waals surface area contributed by atoms with Crippen molar-refractivity contribution in [2.24, 2.45) is 0 Å². The van der Waals surface area contributed by atoms with E-state index < -0.39 is 0 Å². The lowest BCUT2D eigenvalue weighted by molar-refractivity contribution is 0.0945. The molecule has 0 aliphatic carbocycles. The number of benzene rings is 2. The van der Waals surface area contributed by atoms with Crippen LogP contribution >= 0.6 is 0 Å². The first-order chi connectivity index (χ1) is 13.6. The predicted octanol–water partition coefficient (Wildman–Crippen LogP) is 3.50. The van der Waals surface area contributed by atoms with Gasteiger partial charge >= 0.3 is 0 Å². The van der Waals surface area contributed by atoms with E-state index in [0.29, 0.717) is 23.9 Å². The van der Waals surface area contributed by atoms with Crippen LogP contribution in [0.25, 0.3) is 0 Å². The molecule has 0 spiro atoms. The number of carbonyl (C=O) groups is 1. The maximum absolute atomic E-state index is 12.3. The molecular formula is C21H20N4O3. The van der Waals surface area contributed by atoms with Crippen LogP contribution < -0.4 is 20.1 Å². The van der Waals surface area contributed by atoms with Crippen LogP contribution in [-0.4, -0.2) is 22.9 Å². The Hall–Kier alpha value is -3.61. The van der Waals surface area contributed by atoms with Gasteiger partial charge in [0.1, 0.15) is 0 Å². The van der Waals surface area contributed by atoms with Gasteiger partial charge in [0.15, 0.2) is 23.0 Å². The van der Waals surface area contributed by atoms with E-state index >= 15 is 0 Å². The molecule has 0 saturated carbocycles. The van der Waals surface area contributed by atoms with Crippen LogP contribution in [0.1, 0.15) is 27.2 Å². The predicted molar refractivity (Wildman–Crippen MR) is 105 cm³/mol. The quantitative estimate of drug-likeness (QED) is 0.709. The third-order valence-electron chi connectivity index (χ3n) is 4.44. The van der Waals surface area contributed by atoms with E-state index in [1.54, 1.807) is 12.1 Å². The number of anilines is 2. The summed E-state index contributed by atoms with van der Waals surface area (Å²) < 4.78 is 10.6. The Morgan fingerprint density at radius 2 is 1.86 bits per heavy atom. The van der Waals surface area contributed by atoms with Gasteiger partial charge in [-0.3, -0.25) is 4.79 Å². The van der Waals surface area contributed by atoms with E-state index in [0.717, 1.165) is 22.4 Å². The Labute approximate surface area is 162 Å². The second-order valence-corrected chi connectivity index (χ2v) is 6.62. The molecule has 1 aromatic heterocycles. The first-order valence-electron chi connectivity index (χ1n) is 8.93. The van der Waals surface area contributed by atoms with Gasteiger partial charge in [-0.2, -0.15) is 0 Å². The van der Waals surface area contributed by atoms with Crippen molar-refractivity contribution >= 4 is 17.4 Å². The van der Waals surface area contributed by atoms with Crippen molar-refractivity contribution in [3.8, 4) is 11.5 Å². The second kappa shape index (κ2) is 7.56. The van der Waals surface area contributed by atoms with Crippen molar-refractivity contribution in [2.45, 2.75) is 20.4 Å². The van der Waals surface area contributed by atoms with Crippen molar-refractivity contribution in [3.63, 3.8) is 0 Å². The van der Waals surface area contributed by atoms with Crippen LogP contribution in [-0.2, 0) is 6.54 Å². The van der Waals surface area contributed by atoms with E-state index in [2.05, 4.69) is 26.9 Å². The summed E-state index contributed by atoms with van der Waals surface area (Å²) in [5.74, 6) is 1.70. The van der Waals surface area contributed by atoms with Gasteiger partial charge in [0.05, 0.1) is 0 Å². The number of rotatable bonds is 5. The van der Waals surface area contributed by atoms with E-state index in [1.165, 1.54) is 0 Å². The molecule has 3 aromatic rings. The maximum atomic E-state index is 12.3. The highest BCUT2D eigenvalue weighted by Gasteiger charge is 2.14. The monoisotopic (exact) mass is 376 g/mol. The minimum Gasteiger partial charge on any atom is -0.454 e. The third-order valence-corrected chi connectivity index (χ3v) is 4.44. The Kier molecular flexibility index (Phi) is 4.80. The number of hydrogen-bond acceptors (Lipinski definition) is 6. The maximum Gasteiger partial charge on any atom is 0.272 e. The number of aromatic nitrogens is 2. The molecule has 1 aliphatic rings. The molecular weight excluding hydrogens is 356 g/mol. The van der Waals surface area contributed by atoms with E-state index in [4.69, 9.17) is 9.47 Å². The van der Waals surface area contributed by atoms with Gasteiger partial charge in [-0.25, -0.2) is 0 Å². The Morgan fingerprint density at radius 1 is 1.00 bits per heavy atom. The summed E-state index contributed by atoms with van der Waals surface area (Å²) in [6.07, 6.45) is 0. The molecule has 0 unspecified atom stereocenters. The highest BCUT2D eigenvalue weighted by Crippen LogP contribution is 2.32. The van der Waals surface area contributed by atoms with Gasteiger partial charge in [0.2, 0.25) is 6.79 Å². The largest absolute Gasteiger partial charge is 0.454 e. The Balaban J connectivity index is 1.38. The van der Waals surface area contributed by atoms with Crippen LogP contribution in [0, 0.1) is 13.8 Å². The number of hydrogen-bond donors (Lipinski definition) is 2. The van der Waals surface area contributed by atoms with E-state index in [1.807, 2.05) is 44.2 Å². The summed E-state index contributed by atoms with van der Waals surface area (Å²) in [4.78, 5) is 12.3. The van der Waals surface area contributed by atoms with Crippen molar-refractivity contribution in [1.82, 2.24) is 15.5 Å². The molecule has 2 aromatic carbocycles. The van der Waals surface area contributed by atoms with Crippen molar-refractivity contribution in [1.29, 1.82) is 0 Å². The SMILES string of the molecule is Cc1ccc(C)c(Nc2ccc(C(=O)NCc3ccc4c(c3)OCO4)nn2)c1. The zero-order valence-corrected chi connectivity index (χ0v) is 15.7. The van der Waals surface area contributed by atoms with Crippen LogP contribution in [0.4, 0.5) is 11.5 Å². The molecule has 2 heterocycles.